The third-order valence-corrected chi connectivity index (χ3v) is 4.12. The Morgan fingerprint density at radius 2 is 1.88 bits per heavy atom. The van der Waals surface area contributed by atoms with Gasteiger partial charge in [0.2, 0.25) is 0 Å². The Hall–Kier alpha value is -0.0800. The minimum absolute atomic E-state index is 0.261. The molecule has 0 heterocycles. The second kappa shape index (κ2) is 5.50. The first kappa shape index (κ1) is 12.4. The third kappa shape index (κ3) is 3.21. The zero-order valence-electron chi connectivity index (χ0n) is 10.9. The summed E-state index contributed by atoms with van der Waals surface area (Å²) in [6.07, 6.45) is 11.1. The summed E-state index contributed by atoms with van der Waals surface area (Å²) in [5.41, 5.74) is 0.261. The fourth-order valence-electron chi connectivity index (χ4n) is 2.95. The first-order valence-electron chi connectivity index (χ1n) is 7.11. The Kier molecular flexibility index (Phi) is 4.26. The van der Waals surface area contributed by atoms with E-state index in [-0.39, 0.29) is 5.60 Å². The van der Waals surface area contributed by atoms with Gasteiger partial charge in [-0.15, -0.1) is 0 Å². The highest BCUT2D eigenvalue weighted by atomic mass is 16.5. The molecule has 0 bridgehead atoms. The lowest BCUT2D eigenvalue weighted by Crippen LogP contribution is -2.45. The highest BCUT2D eigenvalue weighted by molar-refractivity contribution is 4.92. The van der Waals surface area contributed by atoms with Crippen molar-refractivity contribution < 1.29 is 4.74 Å². The van der Waals surface area contributed by atoms with Gasteiger partial charge in [-0.25, -0.2) is 0 Å². The summed E-state index contributed by atoms with van der Waals surface area (Å²) in [5, 5.41) is 3.51. The second-order valence-corrected chi connectivity index (χ2v) is 5.92. The molecule has 2 fully saturated rings. The van der Waals surface area contributed by atoms with Crippen LogP contribution in [0.4, 0.5) is 0 Å². The van der Waals surface area contributed by atoms with E-state index in [1.54, 1.807) is 0 Å². The van der Waals surface area contributed by atoms with Gasteiger partial charge in [-0.3, -0.25) is 0 Å². The van der Waals surface area contributed by atoms with Crippen LogP contribution in [-0.4, -0.2) is 24.3 Å². The molecule has 0 spiro atoms. The molecule has 0 radical (unpaired) electrons. The van der Waals surface area contributed by atoms with Crippen LogP contribution in [0.5, 0.6) is 0 Å². The van der Waals surface area contributed by atoms with Crippen molar-refractivity contribution in [1.29, 1.82) is 0 Å². The van der Waals surface area contributed by atoms with Crippen LogP contribution in [0.15, 0.2) is 0 Å². The molecule has 94 valence electrons. The van der Waals surface area contributed by atoms with Gasteiger partial charge in [0.05, 0.1) is 11.7 Å². The Balaban J connectivity index is 1.73. The number of hydrogen-bond acceptors (Lipinski definition) is 2. The smallest absolute Gasteiger partial charge is 0.0698 e. The fourth-order valence-corrected chi connectivity index (χ4v) is 2.95. The minimum Gasteiger partial charge on any atom is -0.372 e. The van der Waals surface area contributed by atoms with Gasteiger partial charge in [0.25, 0.3) is 0 Å². The van der Waals surface area contributed by atoms with Crippen molar-refractivity contribution in [2.24, 2.45) is 0 Å². The Morgan fingerprint density at radius 1 is 1.19 bits per heavy atom. The number of ether oxygens (including phenoxy) is 1. The van der Waals surface area contributed by atoms with Crippen molar-refractivity contribution in [2.75, 3.05) is 6.54 Å². The van der Waals surface area contributed by atoms with Crippen molar-refractivity contribution in [2.45, 2.75) is 83.0 Å². The standard InChI is InChI=1S/C14H27NO/c1-12(2)15-11-10-14(8-5-9-14)16-13-6-3-4-7-13/h12-13,15H,3-11H2,1-2H3. The maximum absolute atomic E-state index is 6.38. The molecule has 0 amide bonds. The van der Waals surface area contributed by atoms with Gasteiger partial charge in [-0.05, 0) is 45.1 Å². The van der Waals surface area contributed by atoms with Crippen LogP contribution in [0.3, 0.4) is 0 Å². The van der Waals surface area contributed by atoms with E-state index in [4.69, 9.17) is 4.74 Å². The van der Waals surface area contributed by atoms with Crippen molar-refractivity contribution in [3.8, 4) is 0 Å². The van der Waals surface area contributed by atoms with Crippen LogP contribution in [0.2, 0.25) is 0 Å². The van der Waals surface area contributed by atoms with Gasteiger partial charge in [0.15, 0.2) is 0 Å². The maximum Gasteiger partial charge on any atom is 0.0698 e. The molecule has 0 saturated heterocycles. The summed E-state index contributed by atoms with van der Waals surface area (Å²) < 4.78 is 6.38. The molecule has 0 atom stereocenters. The molecule has 0 unspecified atom stereocenters. The van der Waals surface area contributed by atoms with Crippen LogP contribution in [-0.2, 0) is 4.74 Å². The van der Waals surface area contributed by atoms with Gasteiger partial charge in [0.1, 0.15) is 0 Å². The molecule has 2 aliphatic rings. The van der Waals surface area contributed by atoms with E-state index < -0.39 is 0 Å². The van der Waals surface area contributed by atoms with E-state index in [9.17, 15) is 0 Å². The minimum atomic E-state index is 0.261. The summed E-state index contributed by atoms with van der Waals surface area (Å²) in [6, 6.07) is 0.601. The normalized spacial score (nSPS) is 24.9. The number of nitrogens with one attached hydrogen (secondary N) is 1. The van der Waals surface area contributed by atoms with Crippen LogP contribution >= 0.6 is 0 Å². The SMILES string of the molecule is CC(C)NCCC1(OC2CCCC2)CCC1. The third-order valence-electron chi connectivity index (χ3n) is 4.12. The molecule has 1 N–H and O–H groups in total. The summed E-state index contributed by atoms with van der Waals surface area (Å²) >= 11 is 0. The fraction of sp³-hybridized carbons (Fsp3) is 1.00. The van der Waals surface area contributed by atoms with Crippen LogP contribution in [0, 0.1) is 0 Å². The number of rotatable bonds is 6. The van der Waals surface area contributed by atoms with Crippen LogP contribution in [0.1, 0.15) is 65.2 Å². The molecule has 16 heavy (non-hydrogen) atoms. The Bertz CT molecular complexity index is 205. The topological polar surface area (TPSA) is 21.3 Å². The van der Waals surface area contributed by atoms with Gasteiger partial charge < -0.3 is 10.1 Å². The van der Waals surface area contributed by atoms with Crippen molar-refractivity contribution in [1.82, 2.24) is 5.32 Å². The predicted molar refractivity (Wildman–Crippen MR) is 67.7 cm³/mol. The highest BCUT2D eigenvalue weighted by Gasteiger charge is 2.39. The van der Waals surface area contributed by atoms with Crippen LogP contribution < -0.4 is 5.32 Å². The van der Waals surface area contributed by atoms with E-state index in [1.165, 1.54) is 51.4 Å². The van der Waals surface area contributed by atoms with E-state index in [0.29, 0.717) is 12.1 Å². The zero-order valence-corrected chi connectivity index (χ0v) is 10.9. The molecule has 0 aromatic rings. The lowest BCUT2D eigenvalue weighted by atomic mass is 9.77. The lowest BCUT2D eigenvalue weighted by molar-refractivity contribution is -0.140. The molecule has 0 aliphatic heterocycles. The van der Waals surface area contributed by atoms with E-state index >= 15 is 0 Å². The monoisotopic (exact) mass is 225 g/mol. The van der Waals surface area contributed by atoms with E-state index in [2.05, 4.69) is 19.2 Å². The first-order chi connectivity index (χ1) is 7.70. The molecule has 2 aliphatic carbocycles. The van der Waals surface area contributed by atoms with Gasteiger partial charge in [-0.1, -0.05) is 26.7 Å². The Labute approximate surface area is 100 Å². The maximum atomic E-state index is 6.38. The summed E-state index contributed by atoms with van der Waals surface area (Å²) in [7, 11) is 0. The van der Waals surface area contributed by atoms with Gasteiger partial charge in [0, 0.05) is 6.04 Å². The average Bonchev–Trinajstić information content (AvgIpc) is 2.65. The average molecular weight is 225 g/mol. The Morgan fingerprint density at radius 3 is 2.38 bits per heavy atom. The van der Waals surface area contributed by atoms with Crippen molar-refractivity contribution >= 4 is 0 Å². The molecular weight excluding hydrogens is 198 g/mol. The largest absolute Gasteiger partial charge is 0.372 e. The first-order valence-corrected chi connectivity index (χ1v) is 7.11. The lowest BCUT2D eigenvalue weighted by Gasteiger charge is -2.44. The molecule has 2 saturated carbocycles. The highest BCUT2D eigenvalue weighted by Crippen LogP contribution is 2.41. The second-order valence-electron chi connectivity index (χ2n) is 5.92. The van der Waals surface area contributed by atoms with E-state index in [0.717, 1.165) is 6.54 Å². The zero-order chi connectivity index (χ0) is 11.4. The van der Waals surface area contributed by atoms with Gasteiger partial charge >= 0.3 is 0 Å². The molecular formula is C14H27NO. The molecule has 0 aromatic carbocycles. The summed E-state index contributed by atoms with van der Waals surface area (Å²) in [5.74, 6) is 0. The van der Waals surface area contributed by atoms with E-state index in [1.807, 2.05) is 0 Å². The van der Waals surface area contributed by atoms with Crippen molar-refractivity contribution in [3.05, 3.63) is 0 Å². The quantitative estimate of drug-likeness (QED) is 0.749. The molecule has 2 nitrogen and oxygen atoms in total. The molecule has 2 rings (SSSR count). The van der Waals surface area contributed by atoms with Gasteiger partial charge in [-0.2, -0.15) is 0 Å². The predicted octanol–water partition coefficient (Wildman–Crippen LogP) is 3.26. The molecule has 2 heteroatoms. The van der Waals surface area contributed by atoms with Crippen LogP contribution in [0.25, 0.3) is 0 Å². The summed E-state index contributed by atoms with van der Waals surface area (Å²) in [6.45, 7) is 5.54. The van der Waals surface area contributed by atoms with Crippen molar-refractivity contribution in [3.63, 3.8) is 0 Å². The summed E-state index contributed by atoms with van der Waals surface area (Å²) in [4.78, 5) is 0. The number of hydrogen-bond donors (Lipinski definition) is 1. The molecule has 0 aromatic heterocycles.